The molecule has 8 heteroatoms. The molecule has 2 N–H and O–H groups in total. The smallest absolute Gasteiger partial charge is 0.252 e. The predicted molar refractivity (Wildman–Crippen MR) is 109 cm³/mol. The van der Waals surface area contributed by atoms with E-state index < -0.39 is 11.7 Å². The van der Waals surface area contributed by atoms with Crippen LogP contribution in [0.2, 0.25) is 0 Å². The van der Waals surface area contributed by atoms with Gasteiger partial charge in [-0.25, -0.2) is 4.39 Å². The van der Waals surface area contributed by atoms with Gasteiger partial charge in [-0.15, -0.1) is 0 Å². The number of halogens is 2. The molecule has 6 nitrogen and oxygen atoms in total. The molecule has 1 saturated heterocycles. The van der Waals surface area contributed by atoms with Crippen LogP contribution in [-0.2, 0) is 9.53 Å². The first-order valence-corrected chi connectivity index (χ1v) is 9.79. The molecule has 1 heterocycles. The van der Waals surface area contributed by atoms with Gasteiger partial charge in [-0.3, -0.25) is 9.59 Å². The molecule has 148 valence electrons. The third kappa shape index (κ3) is 5.30. The molecule has 28 heavy (non-hydrogen) atoms. The Morgan fingerprint density at radius 3 is 2.68 bits per heavy atom. The highest BCUT2D eigenvalue weighted by Crippen LogP contribution is 2.26. The number of carbonyl (C=O) groups excluding carboxylic acids is 2. The van der Waals surface area contributed by atoms with Crippen molar-refractivity contribution in [3.63, 3.8) is 0 Å². The fourth-order valence-electron chi connectivity index (χ4n) is 2.93. The molecule has 2 aromatic carbocycles. The van der Waals surface area contributed by atoms with E-state index in [4.69, 9.17) is 4.74 Å². The molecule has 0 saturated carbocycles. The number of amides is 2. The highest BCUT2D eigenvalue weighted by Gasteiger charge is 2.16. The topological polar surface area (TPSA) is 70.7 Å². The summed E-state index contributed by atoms with van der Waals surface area (Å²) in [5, 5.41) is 5.54. The highest BCUT2D eigenvalue weighted by molar-refractivity contribution is 9.10. The third-order valence-corrected chi connectivity index (χ3v) is 5.03. The summed E-state index contributed by atoms with van der Waals surface area (Å²) in [7, 11) is 0. The molecule has 0 spiro atoms. The van der Waals surface area contributed by atoms with Crippen molar-refractivity contribution in [1.29, 1.82) is 0 Å². The molecule has 2 aromatic rings. The van der Waals surface area contributed by atoms with Crippen molar-refractivity contribution in [3.8, 4) is 0 Å². The Bertz CT molecular complexity index is 856. The van der Waals surface area contributed by atoms with Crippen LogP contribution in [0, 0.1) is 5.82 Å². The second-order valence-corrected chi connectivity index (χ2v) is 7.15. The summed E-state index contributed by atoms with van der Waals surface area (Å²) in [4.78, 5) is 26.6. The number of hydrogen-bond acceptors (Lipinski definition) is 4. The summed E-state index contributed by atoms with van der Waals surface area (Å²) in [6.07, 6.45) is 0.107. The molecule has 0 atom stereocenters. The van der Waals surface area contributed by atoms with Crippen molar-refractivity contribution in [3.05, 3.63) is 58.3 Å². The van der Waals surface area contributed by atoms with Gasteiger partial charge in [0, 0.05) is 30.5 Å². The van der Waals surface area contributed by atoms with E-state index in [1.807, 2.05) is 24.3 Å². The van der Waals surface area contributed by atoms with Crippen molar-refractivity contribution in [2.24, 2.45) is 0 Å². The lowest BCUT2D eigenvalue weighted by Gasteiger charge is -2.30. The van der Waals surface area contributed by atoms with Gasteiger partial charge >= 0.3 is 0 Å². The number of benzene rings is 2. The number of nitrogens with one attached hydrogen (secondary N) is 2. The quantitative estimate of drug-likeness (QED) is 0.710. The maximum atomic E-state index is 13.3. The van der Waals surface area contributed by atoms with Crippen LogP contribution in [0.15, 0.2) is 46.9 Å². The van der Waals surface area contributed by atoms with Crippen molar-refractivity contribution in [1.82, 2.24) is 5.32 Å². The molecule has 1 fully saturated rings. The Balaban J connectivity index is 1.54. The monoisotopic (exact) mass is 449 g/mol. The van der Waals surface area contributed by atoms with E-state index in [0.29, 0.717) is 17.7 Å². The van der Waals surface area contributed by atoms with Gasteiger partial charge in [0.2, 0.25) is 5.91 Å². The fraction of sp³-hybridized carbons (Fsp3) is 0.300. The van der Waals surface area contributed by atoms with E-state index in [-0.39, 0.29) is 24.4 Å². The van der Waals surface area contributed by atoms with Crippen LogP contribution in [0.5, 0.6) is 0 Å². The minimum Gasteiger partial charge on any atom is -0.378 e. The van der Waals surface area contributed by atoms with Crippen LogP contribution in [0.25, 0.3) is 0 Å². The van der Waals surface area contributed by atoms with E-state index >= 15 is 0 Å². The zero-order valence-corrected chi connectivity index (χ0v) is 16.8. The van der Waals surface area contributed by atoms with Gasteiger partial charge < -0.3 is 20.3 Å². The Kier molecular flexibility index (Phi) is 7.00. The Morgan fingerprint density at radius 2 is 1.89 bits per heavy atom. The Hall–Kier alpha value is -2.45. The molecule has 0 unspecified atom stereocenters. The predicted octanol–water partition coefficient (Wildman–Crippen LogP) is 3.18. The van der Waals surface area contributed by atoms with Crippen molar-refractivity contribution < 1.29 is 18.7 Å². The van der Waals surface area contributed by atoms with Gasteiger partial charge in [0.1, 0.15) is 5.82 Å². The van der Waals surface area contributed by atoms with Gasteiger partial charge in [-0.1, -0.05) is 12.1 Å². The average Bonchev–Trinajstić information content (AvgIpc) is 2.71. The number of rotatable bonds is 6. The first-order valence-electron chi connectivity index (χ1n) is 8.99. The number of morpholine rings is 1. The molecule has 2 amide bonds. The average molecular weight is 450 g/mol. The maximum absolute atomic E-state index is 13.3. The van der Waals surface area contributed by atoms with Gasteiger partial charge in [0.05, 0.1) is 30.2 Å². The molecule has 0 radical (unpaired) electrons. The molecule has 0 bridgehead atoms. The summed E-state index contributed by atoms with van der Waals surface area (Å²) >= 11 is 3.22. The van der Waals surface area contributed by atoms with Gasteiger partial charge in [-0.05, 0) is 46.3 Å². The summed E-state index contributed by atoms with van der Waals surface area (Å²) in [5.74, 6) is -1.14. The van der Waals surface area contributed by atoms with Gasteiger partial charge in [0.25, 0.3) is 5.91 Å². The highest BCUT2D eigenvalue weighted by atomic mass is 79.9. The summed E-state index contributed by atoms with van der Waals surface area (Å²) in [6, 6.07) is 11.5. The summed E-state index contributed by atoms with van der Waals surface area (Å²) < 4.78 is 19.2. The van der Waals surface area contributed by atoms with E-state index in [2.05, 4.69) is 31.5 Å². The largest absolute Gasteiger partial charge is 0.378 e. The lowest BCUT2D eigenvalue weighted by Crippen LogP contribution is -2.36. The first-order chi connectivity index (χ1) is 13.5. The maximum Gasteiger partial charge on any atom is 0.252 e. The SMILES string of the molecule is O=C(CCNC(=O)c1cc(F)ccc1Br)Nc1ccccc1N1CCOCC1. The number of hydrogen-bond donors (Lipinski definition) is 2. The molecular formula is C20H21BrFN3O3. The second kappa shape index (κ2) is 9.66. The number of ether oxygens (including phenoxy) is 1. The number of para-hydroxylation sites is 2. The lowest BCUT2D eigenvalue weighted by molar-refractivity contribution is -0.116. The van der Waals surface area contributed by atoms with Crippen LogP contribution >= 0.6 is 15.9 Å². The van der Waals surface area contributed by atoms with Gasteiger partial charge in [0.15, 0.2) is 0 Å². The summed E-state index contributed by atoms with van der Waals surface area (Å²) in [5.41, 5.74) is 1.87. The molecule has 3 rings (SSSR count). The summed E-state index contributed by atoms with van der Waals surface area (Å²) in [6.45, 7) is 3.00. The van der Waals surface area contributed by atoms with Crippen molar-refractivity contribution in [2.45, 2.75) is 6.42 Å². The number of nitrogens with zero attached hydrogens (tertiary/aromatic N) is 1. The van der Waals surface area contributed by atoms with E-state index in [9.17, 15) is 14.0 Å². The number of carbonyl (C=O) groups is 2. The molecular weight excluding hydrogens is 429 g/mol. The van der Waals surface area contributed by atoms with Crippen LogP contribution < -0.4 is 15.5 Å². The molecule has 0 aliphatic carbocycles. The van der Waals surface area contributed by atoms with Crippen LogP contribution in [-0.4, -0.2) is 44.7 Å². The zero-order chi connectivity index (χ0) is 19.9. The standard InChI is InChI=1S/C20H21BrFN3O3/c21-16-6-5-14(22)13-15(16)20(27)23-8-7-19(26)24-17-3-1-2-4-18(17)25-9-11-28-12-10-25/h1-6,13H,7-12H2,(H,23,27)(H,24,26). The lowest BCUT2D eigenvalue weighted by atomic mass is 10.2. The second-order valence-electron chi connectivity index (χ2n) is 6.29. The van der Waals surface area contributed by atoms with Crippen LogP contribution in [0.1, 0.15) is 16.8 Å². The molecule has 1 aliphatic rings. The normalized spacial score (nSPS) is 13.9. The van der Waals surface area contributed by atoms with E-state index in [0.717, 1.165) is 30.5 Å². The minimum atomic E-state index is -0.495. The first kappa shape index (κ1) is 20.3. The Morgan fingerprint density at radius 1 is 1.14 bits per heavy atom. The van der Waals surface area contributed by atoms with E-state index in [1.54, 1.807) is 0 Å². The van der Waals surface area contributed by atoms with Crippen molar-refractivity contribution in [2.75, 3.05) is 43.1 Å². The van der Waals surface area contributed by atoms with E-state index in [1.165, 1.54) is 12.1 Å². The van der Waals surface area contributed by atoms with Crippen LogP contribution in [0.3, 0.4) is 0 Å². The Labute approximate surface area is 171 Å². The minimum absolute atomic E-state index is 0.107. The van der Waals surface area contributed by atoms with Crippen molar-refractivity contribution >= 4 is 39.1 Å². The third-order valence-electron chi connectivity index (χ3n) is 4.34. The molecule has 1 aliphatic heterocycles. The molecule has 0 aromatic heterocycles. The van der Waals surface area contributed by atoms with Crippen LogP contribution in [0.4, 0.5) is 15.8 Å². The fourth-order valence-corrected chi connectivity index (χ4v) is 3.36. The zero-order valence-electron chi connectivity index (χ0n) is 15.2. The van der Waals surface area contributed by atoms with Gasteiger partial charge in [-0.2, -0.15) is 0 Å². The number of anilines is 2.